The van der Waals surface area contributed by atoms with Crippen LogP contribution in [0, 0.1) is 5.82 Å². The zero-order valence-electron chi connectivity index (χ0n) is 15.9. The summed E-state index contributed by atoms with van der Waals surface area (Å²) in [6.07, 6.45) is 3.31. The van der Waals surface area contributed by atoms with Crippen LogP contribution in [-0.2, 0) is 6.42 Å². The van der Waals surface area contributed by atoms with E-state index >= 15 is 0 Å². The van der Waals surface area contributed by atoms with E-state index in [1.54, 1.807) is 36.4 Å². The Morgan fingerprint density at radius 1 is 1.00 bits per heavy atom. The summed E-state index contributed by atoms with van der Waals surface area (Å²) in [4.78, 5) is 28.6. The second-order valence-electron chi connectivity index (χ2n) is 6.91. The fourth-order valence-electron chi connectivity index (χ4n) is 3.41. The van der Waals surface area contributed by atoms with Gasteiger partial charge in [-0.2, -0.15) is 0 Å². The first-order valence-corrected chi connectivity index (χ1v) is 9.75. The minimum atomic E-state index is -0.454. The number of aromatic nitrogens is 1. The highest BCUT2D eigenvalue weighted by molar-refractivity contribution is 6.31. The van der Waals surface area contributed by atoms with Crippen LogP contribution in [0.25, 0.3) is 17.0 Å². The van der Waals surface area contributed by atoms with Crippen LogP contribution >= 0.6 is 11.6 Å². The summed E-state index contributed by atoms with van der Waals surface area (Å²) in [7, 11) is 0. The van der Waals surface area contributed by atoms with Crippen LogP contribution in [0.3, 0.4) is 0 Å². The number of carbonyl (C=O) groups excluding carboxylic acids is 1. The molecule has 30 heavy (non-hydrogen) atoms. The van der Waals surface area contributed by atoms with Gasteiger partial charge in [0.05, 0.1) is 5.56 Å². The van der Waals surface area contributed by atoms with Crippen molar-refractivity contribution < 1.29 is 9.18 Å². The predicted molar refractivity (Wildman–Crippen MR) is 119 cm³/mol. The standard InChI is InChI=1S/C25H17ClFNO2/c26-18-9-12-22-20(15-18)21(14-17-4-2-1-3-5-17)24(25(30)28-22)23(29)13-8-16-6-10-19(27)11-7-16/h1-13,15H,14H2,(H,28,30)/b13-8+. The number of nitrogens with one attached hydrogen (secondary N) is 1. The number of carbonyl (C=O) groups is 1. The van der Waals surface area contributed by atoms with Gasteiger partial charge < -0.3 is 4.98 Å². The molecule has 0 unspecified atom stereocenters. The Morgan fingerprint density at radius 3 is 2.47 bits per heavy atom. The minimum absolute atomic E-state index is 0.0759. The first-order valence-electron chi connectivity index (χ1n) is 9.37. The van der Waals surface area contributed by atoms with Crippen molar-refractivity contribution >= 4 is 34.4 Å². The van der Waals surface area contributed by atoms with E-state index in [-0.39, 0.29) is 11.4 Å². The number of aromatic amines is 1. The van der Waals surface area contributed by atoms with Gasteiger partial charge in [-0.25, -0.2) is 4.39 Å². The molecule has 1 N–H and O–H groups in total. The lowest BCUT2D eigenvalue weighted by molar-refractivity contribution is 0.104. The number of hydrogen-bond donors (Lipinski definition) is 1. The molecule has 0 fully saturated rings. The Morgan fingerprint density at radius 2 is 1.73 bits per heavy atom. The maximum Gasteiger partial charge on any atom is 0.259 e. The third kappa shape index (κ3) is 4.24. The molecular weight excluding hydrogens is 401 g/mol. The third-order valence-corrected chi connectivity index (χ3v) is 5.09. The summed E-state index contributed by atoms with van der Waals surface area (Å²) >= 11 is 6.20. The maximum absolute atomic E-state index is 13.1. The zero-order valence-corrected chi connectivity index (χ0v) is 16.6. The molecule has 3 nitrogen and oxygen atoms in total. The van der Waals surface area contributed by atoms with Gasteiger partial charge in [0.1, 0.15) is 5.82 Å². The SMILES string of the molecule is O=C(/C=C/c1ccc(F)cc1)c1c(Cc2ccccc2)c2cc(Cl)ccc2[nH]c1=O. The van der Waals surface area contributed by atoms with E-state index in [0.29, 0.717) is 28.1 Å². The number of pyridine rings is 1. The van der Waals surface area contributed by atoms with Crippen LogP contribution in [0.1, 0.15) is 27.0 Å². The number of rotatable bonds is 5. The summed E-state index contributed by atoms with van der Waals surface area (Å²) in [5, 5.41) is 1.24. The zero-order chi connectivity index (χ0) is 21.1. The molecule has 0 aliphatic carbocycles. The molecule has 0 bridgehead atoms. The quantitative estimate of drug-likeness (QED) is 0.329. The summed E-state index contributed by atoms with van der Waals surface area (Å²) in [6, 6.07) is 20.6. The molecule has 0 spiro atoms. The number of ketones is 1. The number of hydrogen-bond acceptors (Lipinski definition) is 2. The second-order valence-corrected chi connectivity index (χ2v) is 7.35. The molecule has 0 radical (unpaired) electrons. The van der Waals surface area contributed by atoms with E-state index in [1.165, 1.54) is 18.2 Å². The van der Waals surface area contributed by atoms with Gasteiger partial charge in [-0.05, 0) is 59.5 Å². The molecule has 0 saturated carbocycles. The van der Waals surface area contributed by atoms with E-state index in [0.717, 1.165) is 10.9 Å². The Kier molecular flexibility index (Phi) is 5.59. The van der Waals surface area contributed by atoms with Gasteiger partial charge in [-0.1, -0.05) is 60.1 Å². The molecule has 4 rings (SSSR count). The van der Waals surface area contributed by atoms with Crippen LogP contribution in [-0.4, -0.2) is 10.8 Å². The lowest BCUT2D eigenvalue weighted by Crippen LogP contribution is -2.20. The molecule has 1 heterocycles. The van der Waals surface area contributed by atoms with Crippen molar-refractivity contribution in [1.82, 2.24) is 4.98 Å². The molecule has 4 aromatic rings. The largest absolute Gasteiger partial charge is 0.321 e. The van der Waals surface area contributed by atoms with E-state index in [1.807, 2.05) is 30.3 Å². The molecule has 0 atom stereocenters. The number of allylic oxidation sites excluding steroid dienone is 1. The smallest absolute Gasteiger partial charge is 0.259 e. The molecule has 0 aliphatic rings. The van der Waals surface area contributed by atoms with Gasteiger partial charge in [-0.3, -0.25) is 9.59 Å². The number of halogens is 2. The second kappa shape index (κ2) is 8.47. The molecule has 0 saturated heterocycles. The molecule has 0 aliphatic heterocycles. The lowest BCUT2D eigenvalue weighted by Gasteiger charge is -2.12. The van der Waals surface area contributed by atoms with Gasteiger partial charge in [0, 0.05) is 15.9 Å². The van der Waals surface area contributed by atoms with Crippen molar-refractivity contribution in [3.05, 3.63) is 122 Å². The average Bonchev–Trinajstić information content (AvgIpc) is 2.74. The summed E-state index contributed by atoms with van der Waals surface area (Å²) < 4.78 is 13.1. The highest BCUT2D eigenvalue weighted by Crippen LogP contribution is 2.25. The van der Waals surface area contributed by atoms with Crippen molar-refractivity contribution in [2.45, 2.75) is 6.42 Å². The van der Waals surface area contributed by atoms with E-state index in [9.17, 15) is 14.0 Å². The first-order chi connectivity index (χ1) is 14.5. The normalized spacial score (nSPS) is 11.3. The summed E-state index contributed by atoms with van der Waals surface area (Å²) in [5.74, 6) is -0.778. The summed E-state index contributed by atoms with van der Waals surface area (Å²) in [5.41, 5.74) is 2.50. The number of H-pyrrole nitrogens is 1. The predicted octanol–water partition coefficient (Wildman–Crippen LogP) is 5.81. The fraction of sp³-hybridized carbons (Fsp3) is 0.0400. The molecule has 148 valence electrons. The average molecular weight is 418 g/mol. The Balaban J connectivity index is 1.84. The van der Waals surface area contributed by atoms with Crippen molar-refractivity contribution in [1.29, 1.82) is 0 Å². The van der Waals surface area contributed by atoms with E-state index in [4.69, 9.17) is 11.6 Å². The Hall–Kier alpha value is -3.50. The molecule has 3 aromatic carbocycles. The van der Waals surface area contributed by atoms with Crippen LogP contribution in [0.2, 0.25) is 5.02 Å². The maximum atomic E-state index is 13.1. The van der Waals surface area contributed by atoms with Crippen LogP contribution in [0.15, 0.2) is 83.7 Å². The number of benzene rings is 3. The van der Waals surface area contributed by atoms with Gasteiger partial charge in [0.2, 0.25) is 0 Å². The Bertz CT molecular complexity index is 1310. The van der Waals surface area contributed by atoms with Crippen molar-refractivity contribution in [3.63, 3.8) is 0 Å². The van der Waals surface area contributed by atoms with Gasteiger partial charge >= 0.3 is 0 Å². The van der Waals surface area contributed by atoms with Crippen LogP contribution < -0.4 is 5.56 Å². The number of fused-ring (bicyclic) bond motifs is 1. The van der Waals surface area contributed by atoms with E-state index in [2.05, 4.69) is 4.98 Å². The lowest BCUT2D eigenvalue weighted by atomic mass is 9.94. The van der Waals surface area contributed by atoms with Crippen molar-refractivity contribution in [2.75, 3.05) is 0 Å². The molecular formula is C25H17ClFNO2. The highest BCUT2D eigenvalue weighted by Gasteiger charge is 2.18. The Labute approximate surface area is 177 Å². The van der Waals surface area contributed by atoms with Crippen LogP contribution in [0.5, 0.6) is 0 Å². The van der Waals surface area contributed by atoms with Gasteiger partial charge in [0.25, 0.3) is 5.56 Å². The molecule has 5 heteroatoms. The van der Waals surface area contributed by atoms with Gasteiger partial charge in [0.15, 0.2) is 5.78 Å². The van der Waals surface area contributed by atoms with Crippen molar-refractivity contribution in [2.24, 2.45) is 0 Å². The summed E-state index contributed by atoms with van der Waals surface area (Å²) in [6.45, 7) is 0. The minimum Gasteiger partial charge on any atom is -0.321 e. The van der Waals surface area contributed by atoms with E-state index < -0.39 is 11.3 Å². The molecule has 1 aromatic heterocycles. The highest BCUT2D eigenvalue weighted by atomic mass is 35.5. The third-order valence-electron chi connectivity index (χ3n) is 4.85. The van der Waals surface area contributed by atoms with Gasteiger partial charge in [-0.15, -0.1) is 0 Å². The fourth-order valence-corrected chi connectivity index (χ4v) is 3.58. The first kappa shape index (κ1) is 19.8. The van der Waals surface area contributed by atoms with Crippen LogP contribution in [0.4, 0.5) is 4.39 Å². The topological polar surface area (TPSA) is 49.9 Å². The monoisotopic (exact) mass is 417 g/mol. The molecule has 0 amide bonds. The van der Waals surface area contributed by atoms with Crippen molar-refractivity contribution in [3.8, 4) is 0 Å².